The van der Waals surface area contributed by atoms with Gasteiger partial charge in [-0.05, 0) is 90.8 Å². The lowest BCUT2D eigenvalue weighted by Crippen LogP contribution is -1.98. The Labute approximate surface area is 310 Å². The quantitative estimate of drug-likeness (QED) is 0.157. The highest BCUT2D eigenvalue weighted by Gasteiger charge is 2.17. The Morgan fingerprint density at radius 2 is 0.981 bits per heavy atom. The number of hydrogen-bond acceptors (Lipinski definition) is 6. The number of ether oxygens (including phenoxy) is 2. The van der Waals surface area contributed by atoms with Gasteiger partial charge in [-0.15, -0.1) is 0 Å². The van der Waals surface area contributed by atoms with Crippen LogP contribution in [-0.2, 0) is 6.42 Å². The molecule has 10 aromatic rings. The number of rotatable bonds is 8. The van der Waals surface area contributed by atoms with Gasteiger partial charge in [0.1, 0.15) is 34.6 Å². The Hall–Kier alpha value is -7.32. The van der Waals surface area contributed by atoms with Gasteiger partial charge in [0.05, 0.1) is 22.1 Å². The third-order valence-electron chi connectivity index (χ3n) is 9.79. The first-order valence-corrected chi connectivity index (χ1v) is 17.9. The smallest absolute Gasteiger partial charge is 0.159 e. The van der Waals surface area contributed by atoms with Gasteiger partial charge < -0.3 is 9.47 Å². The van der Waals surface area contributed by atoms with E-state index in [9.17, 15) is 0 Å². The van der Waals surface area contributed by atoms with Gasteiger partial charge in [-0.3, -0.25) is 9.13 Å². The molecule has 5 aromatic carbocycles. The van der Waals surface area contributed by atoms with Crippen LogP contribution in [0.15, 0.2) is 164 Å². The van der Waals surface area contributed by atoms with Crippen molar-refractivity contribution in [1.29, 1.82) is 0 Å². The van der Waals surface area contributed by atoms with E-state index in [1.165, 1.54) is 5.56 Å². The highest BCUT2D eigenvalue weighted by molar-refractivity contribution is 6.10. The van der Waals surface area contributed by atoms with E-state index in [0.29, 0.717) is 28.8 Å². The molecular formula is C46H32N6O2. The second-order valence-corrected chi connectivity index (χ2v) is 13.1. The van der Waals surface area contributed by atoms with E-state index >= 15 is 0 Å². The van der Waals surface area contributed by atoms with Gasteiger partial charge in [0.15, 0.2) is 5.82 Å². The molecule has 0 amide bonds. The summed E-state index contributed by atoms with van der Waals surface area (Å²) in [4.78, 5) is 18.5. The summed E-state index contributed by atoms with van der Waals surface area (Å²) in [5.74, 6) is 4.80. The Bertz CT molecular complexity index is 2990. The molecule has 54 heavy (non-hydrogen) atoms. The van der Waals surface area contributed by atoms with Crippen molar-refractivity contribution in [3.8, 4) is 46.0 Å². The number of aryl methyl sites for hydroxylation is 1. The Balaban J connectivity index is 1.07. The Morgan fingerprint density at radius 3 is 1.59 bits per heavy atom. The zero-order chi connectivity index (χ0) is 36.0. The van der Waals surface area contributed by atoms with Crippen LogP contribution < -0.4 is 9.47 Å². The van der Waals surface area contributed by atoms with Crippen molar-refractivity contribution < 1.29 is 9.47 Å². The van der Waals surface area contributed by atoms with Crippen LogP contribution in [0, 0.1) is 0 Å². The van der Waals surface area contributed by atoms with Crippen LogP contribution in [0.4, 0.5) is 0 Å². The van der Waals surface area contributed by atoms with E-state index in [0.717, 1.165) is 67.2 Å². The van der Waals surface area contributed by atoms with E-state index in [-0.39, 0.29) is 0 Å². The van der Waals surface area contributed by atoms with Crippen molar-refractivity contribution in [2.75, 3.05) is 0 Å². The molecule has 0 aliphatic carbocycles. The van der Waals surface area contributed by atoms with Crippen molar-refractivity contribution >= 4 is 43.6 Å². The third kappa shape index (κ3) is 5.48. The molecule has 0 saturated heterocycles. The number of fused-ring (bicyclic) bond motifs is 6. The fourth-order valence-electron chi connectivity index (χ4n) is 7.35. The van der Waals surface area contributed by atoms with Crippen molar-refractivity contribution in [2.45, 2.75) is 13.3 Å². The van der Waals surface area contributed by atoms with Crippen molar-refractivity contribution in [2.24, 2.45) is 0 Å². The van der Waals surface area contributed by atoms with Crippen LogP contribution in [0.1, 0.15) is 12.5 Å². The van der Waals surface area contributed by atoms with E-state index in [4.69, 9.17) is 14.5 Å². The maximum Gasteiger partial charge on any atom is 0.159 e. The number of para-hydroxylation sites is 2. The number of nitrogens with zero attached hydrogens (tertiary/aromatic N) is 6. The zero-order valence-corrected chi connectivity index (χ0v) is 29.3. The van der Waals surface area contributed by atoms with E-state index in [1.807, 2.05) is 60.9 Å². The monoisotopic (exact) mass is 700 g/mol. The van der Waals surface area contributed by atoms with Gasteiger partial charge in [0, 0.05) is 70.1 Å². The number of benzene rings is 5. The number of aromatic nitrogens is 6. The summed E-state index contributed by atoms with van der Waals surface area (Å²) in [5, 5.41) is 4.54. The molecule has 8 heteroatoms. The van der Waals surface area contributed by atoms with E-state index in [1.54, 1.807) is 18.5 Å². The van der Waals surface area contributed by atoms with Crippen molar-refractivity contribution in [3.05, 3.63) is 170 Å². The van der Waals surface area contributed by atoms with Crippen LogP contribution in [0.2, 0.25) is 0 Å². The lowest BCUT2D eigenvalue weighted by molar-refractivity contribution is 0.461. The summed E-state index contributed by atoms with van der Waals surface area (Å²) < 4.78 is 17.7. The first kappa shape index (κ1) is 31.4. The van der Waals surface area contributed by atoms with Gasteiger partial charge in [-0.25, -0.2) is 19.9 Å². The topological polar surface area (TPSA) is 79.9 Å². The van der Waals surface area contributed by atoms with Crippen molar-refractivity contribution in [3.63, 3.8) is 0 Å². The highest BCUT2D eigenvalue weighted by Crippen LogP contribution is 2.39. The normalized spacial score (nSPS) is 11.5. The van der Waals surface area contributed by atoms with Gasteiger partial charge in [-0.2, -0.15) is 0 Å². The SMILES string of the molecule is CCc1ccnc(-n2c3ccccc3c3ccc(Oc4cc(Oc5ccc6c7ccccc7n(-c7ccccn7)c6c5)cc(-c5ncccn5)c4)cc32)c1. The van der Waals surface area contributed by atoms with E-state index < -0.39 is 0 Å². The van der Waals surface area contributed by atoms with Gasteiger partial charge in [0.25, 0.3) is 0 Å². The molecule has 0 radical (unpaired) electrons. The van der Waals surface area contributed by atoms with Crippen LogP contribution in [0.25, 0.3) is 66.6 Å². The molecule has 0 aliphatic rings. The summed E-state index contributed by atoms with van der Waals surface area (Å²) >= 11 is 0. The molecule has 0 saturated carbocycles. The van der Waals surface area contributed by atoms with E-state index in [2.05, 4.69) is 116 Å². The highest BCUT2D eigenvalue weighted by atomic mass is 16.5. The molecule has 8 nitrogen and oxygen atoms in total. The van der Waals surface area contributed by atoms with Crippen molar-refractivity contribution in [1.82, 2.24) is 29.1 Å². The van der Waals surface area contributed by atoms with Gasteiger partial charge in [-0.1, -0.05) is 49.4 Å². The molecule has 0 atom stereocenters. The Morgan fingerprint density at radius 1 is 0.426 bits per heavy atom. The van der Waals surface area contributed by atoms with Crippen LogP contribution in [-0.4, -0.2) is 29.1 Å². The average molecular weight is 701 g/mol. The first-order chi connectivity index (χ1) is 26.7. The summed E-state index contributed by atoms with van der Waals surface area (Å²) in [6, 6.07) is 46.9. The average Bonchev–Trinajstić information content (AvgIpc) is 3.73. The largest absolute Gasteiger partial charge is 0.457 e. The summed E-state index contributed by atoms with van der Waals surface area (Å²) in [6.07, 6.45) is 8.08. The molecule has 0 aliphatic heterocycles. The summed E-state index contributed by atoms with van der Waals surface area (Å²) in [5.41, 5.74) is 6.15. The fraction of sp³-hybridized carbons (Fsp3) is 0.0435. The molecule has 10 rings (SSSR count). The minimum Gasteiger partial charge on any atom is -0.457 e. The molecule has 0 unspecified atom stereocenters. The molecule has 258 valence electrons. The predicted octanol–water partition coefficient (Wildman–Crippen LogP) is 11.3. The van der Waals surface area contributed by atoms with Gasteiger partial charge in [0.2, 0.25) is 0 Å². The number of hydrogen-bond donors (Lipinski definition) is 0. The fourth-order valence-corrected chi connectivity index (χ4v) is 7.35. The minimum atomic E-state index is 0.566. The van der Waals surface area contributed by atoms with Gasteiger partial charge >= 0.3 is 0 Å². The second kappa shape index (κ2) is 13.0. The number of pyridine rings is 2. The predicted molar refractivity (Wildman–Crippen MR) is 214 cm³/mol. The second-order valence-electron chi connectivity index (χ2n) is 13.1. The molecular weight excluding hydrogens is 669 g/mol. The maximum absolute atomic E-state index is 6.66. The third-order valence-corrected chi connectivity index (χ3v) is 9.79. The van der Waals surface area contributed by atoms with Crippen LogP contribution >= 0.6 is 0 Å². The molecule has 5 heterocycles. The van der Waals surface area contributed by atoms with Crippen LogP contribution in [0.5, 0.6) is 23.0 Å². The maximum atomic E-state index is 6.66. The summed E-state index contributed by atoms with van der Waals surface area (Å²) in [6.45, 7) is 2.16. The molecule has 0 spiro atoms. The zero-order valence-electron chi connectivity index (χ0n) is 29.3. The molecule has 5 aromatic heterocycles. The molecule has 0 bridgehead atoms. The molecule has 0 fully saturated rings. The standard InChI is InChI=1S/C46H32N6O2/c1-2-30-19-23-48-45(24-30)52-41-13-6-4-11-37(41)39-18-16-33(29-43(39)52)54-35-26-31(46-49-21-9-22-50-46)25-34(27-35)53-32-15-17-38-36-10-3-5-12-40(36)51(42(38)28-32)44-14-7-8-20-47-44/h3-29H,2H2,1H3. The summed E-state index contributed by atoms with van der Waals surface area (Å²) in [7, 11) is 0. The molecule has 0 N–H and O–H groups in total. The lowest BCUT2D eigenvalue weighted by atomic mass is 10.1. The minimum absolute atomic E-state index is 0.566. The van der Waals surface area contributed by atoms with Crippen LogP contribution in [0.3, 0.4) is 0 Å². The first-order valence-electron chi connectivity index (χ1n) is 17.9. The Kier molecular flexibility index (Phi) is 7.58. The lowest BCUT2D eigenvalue weighted by Gasteiger charge is -2.13.